The number of para-hydroxylation sites is 1. The van der Waals surface area contributed by atoms with Gasteiger partial charge in [0.1, 0.15) is 5.75 Å². The van der Waals surface area contributed by atoms with Crippen LogP contribution in [0.1, 0.15) is 17.7 Å². The van der Waals surface area contributed by atoms with Crippen LogP contribution in [0.15, 0.2) is 48.7 Å². The van der Waals surface area contributed by atoms with Gasteiger partial charge in [-0.2, -0.15) is 0 Å². The summed E-state index contributed by atoms with van der Waals surface area (Å²) in [5.74, 6) is 0.933. The molecule has 2 rings (SSSR count). The van der Waals surface area contributed by atoms with Gasteiger partial charge in [-0.1, -0.05) is 24.3 Å². The van der Waals surface area contributed by atoms with E-state index in [9.17, 15) is 0 Å². The Morgan fingerprint density at radius 1 is 1.11 bits per heavy atom. The van der Waals surface area contributed by atoms with Gasteiger partial charge >= 0.3 is 0 Å². The summed E-state index contributed by atoms with van der Waals surface area (Å²) >= 11 is 0. The topological polar surface area (TPSA) is 34.2 Å². The quantitative estimate of drug-likeness (QED) is 0.773. The molecule has 1 aromatic carbocycles. The first-order valence-corrected chi connectivity index (χ1v) is 6.65. The Balaban J connectivity index is 1.59. The number of hydrogen-bond donors (Lipinski definition) is 1. The minimum absolute atomic E-state index is 0.734. The first-order valence-electron chi connectivity index (χ1n) is 6.65. The smallest absolute Gasteiger partial charge is 0.119 e. The average molecular weight is 256 g/mol. The van der Waals surface area contributed by atoms with E-state index >= 15 is 0 Å². The number of aryl methyl sites for hydroxylation is 1. The lowest BCUT2D eigenvalue weighted by atomic mass is 10.2. The largest absolute Gasteiger partial charge is 0.494 e. The molecule has 100 valence electrons. The van der Waals surface area contributed by atoms with Gasteiger partial charge in [0, 0.05) is 12.7 Å². The number of hydrogen-bond acceptors (Lipinski definition) is 3. The van der Waals surface area contributed by atoms with Crippen molar-refractivity contribution in [2.24, 2.45) is 0 Å². The number of ether oxygens (including phenoxy) is 1. The highest BCUT2D eigenvalue weighted by Gasteiger charge is 1.97. The second-order valence-corrected chi connectivity index (χ2v) is 4.46. The standard InChI is InChI=1S/C16H20N2O/c1-14-7-5-11-18-16(14)13-17-10-6-12-19-15-8-3-2-4-9-15/h2-5,7-9,11,17H,6,10,12-13H2,1H3. The van der Waals surface area contributed by atoms with E-state index in [0.29, 0.717) is 0 Å². The molecule has 3 nitrogen and oxygen atoms in total. The maximum Gasteiger partial charge on any atom is 0.119 e. The van der Waals surface area contributed by atoms with E-state index in [2.05, 4.69) is 23.3 Å². The van der Waals surface area contributed by atoms with E-state index in [4.69, 9.17) is 4.74 Å². The number of nitrogens with one attached hydrogen (secondary N) is 1. The number of benzene rings is 1. The number of pyridine rings is 1. The van der Waals surface area contributed by atoms with Gasteiger partial charge in [-0.05, 0) is 43.7 Å². The molecule has 0 fully saturated rings. The van der Waals surface area contributed by atoms with Crippen molar-refractivity contribution >= 4 is 0 Å². The molecule has 0 bridgehead atoms. The molecular weight excluding hydrogens is 236 g/mol. The predicted molar refractivity (Wildman–Crippen MR) is 77.2 cm³/mol. The van der Waals surface area contributed by atoms with Crippen LogP contribution in [0.5, 0.6) is 5.75 Å². The highest BCUT2D eigenvalue weighted by Crippen LogP contribution is 2.08. The van der Waals surface area contributed by atoms with Gasteiger partial charge in [-0.3, -0.25) is 4.98 Å². The summed E-state index contributed by atoms with van der Waals surface area (Å²) in [6.45, 7) is 4.57. The Morgan fingerprint density at radius 3 is 2.74 bits per heavy atom. The van der Waals surface area contributed by atoms with Crippen LogP contribution >= 0.6 is 0 Å². The lowest BCUT2D eigenvalue weighted by Gasteiger charge is -2.08. The third kappa shape index (κ3) is 4.72. The first-order chi connectivity index (χ1) is 9.36. The molecule has 1 aromatic heterocycles. The fourth-order valence-corrected chi connectivity index (χ4v) is 1.81. The van der Waals surface area contributed by atoms with Gasteiger partial charge in [0.2, 0.25) is 0 Å². The summed E-state index contributed by atoms with van der Waals surface area (Å²) in [7, 11) is 0. The third-order valence-electron chi connectivity index (χ3n) is 2.92. The van der Waals surface area contributed by atoms with Gasteiger partial charge in [0.25, 0.3) is 0 Å². The lowest BCUT2D eigenvalue weighted by molar-refractivity contribution is 0.308. The average Bonchev–Trinajstić information content (AvgIpc) is 2.45. The Kier molecular flexibility index (Phi) is 5.38. The Morgan fingerprint density at radius 2 is 1.95 bits per heavy atom. The van der Waals surface area contributed by atoms with Gasteiger partial charge in [-0.15, -0.1) is 0 Å². The monoisotopic (exact) mass is 256 g/mol. The van der Waals surface area contributed by atoms with Crippen molar-refractivity contribution in [1.82, 2.24) is 10.3 Å². The van der Waals surface area contributed by atoms with Crippen molar-refractivity contribution in [3.8, 4) is 5.75 Å². The second-order valence-electron chi connectivity index (χ2n) is 4.46. The molecule has 0 unspecified atom stereocenters. The molecule has 1 heterocycles. The number of nitrogens with zero attached hydrogens (tertiary/aromatic N) is 1. The normalized spacial score (nSPS) is 10.4. The first kappa shape index (κ1) is 13.6. The van der Waals surface area contributed by atoms with E-state index in [1.165, 1.54) is 5.56 Å². The van der Waals surface area contributed by atoms with Crippen molar-refractivity contribution in [2.45, 2.75) is 19.9 Å². The molecule has 0 saturated carbocycles. The molecule has 0 aliphatic carbocycles. The molecular formula is C16H20N2O. The van der Waals surface area contributed by atoms with Crippen molar-refractivity contribution in [3.63, 3.8) is 0 Å². The molecule has 0 spiro atoms. The minimum atomic E-state index is 0.734. The van der Waals surface area contributed by atoms with Crippen LogP contribution in [0.25, 0.3) is 0 Å². The fraction of sp³-hybridized carbons (Fsp3) is 0.312. The molecule has 0 atom stereocenters. The maximum atomic E-state index is 5.63. The van der Waals surface area contributed by atoms with Crippen molar-refractivity contribution in [1.29, 1.82) is 0 Å². The van der Waals surface area contributed by atoms with Gasteiger partial charge in [0.05, 0.1) is 12.3 Å². The molecule has 0 aliphatic heterocycles. The Hall–Kier alpha value is -1.87. The SMILES string of the molecule is Cc1cccnc1CNCCCOc1ccccc1. The van der Waals surface area contributed by atoms with E-state index in [1.807, 2.05) is 42.6 Å². The van der Waals surface area contributed by atoms with Crippen LogP contribution in [0.2, 0.25) is 0 Å². The zero-order chi connectivity index (χ0) is 13.3. The second kappa shape index (κ2) is 7.54. The van der Waals surface area contributed by atoms with Crippen LogP contribution in [0.3, 0.4) is 0 Å². The van der Waals surface area contributed by atoms with Gasteiger partial charge in [0.15, 0.2) is 0 Å². The van der Waals surface area contributed by atoms with E-state index in [-0.39, 0.29) is 0 Å². The van der Waals surface area contributed by atoms with Crippen LogP contribution in [-0.4, -0.2) is 18.1 Å². The third-order valence-corrected chi connectivity index (χ3v) is 2.92. The van der Waals surface area contributed by atoms with Crippen LogP contribution in [0.4, 0.5) is 0 Å². The van der Waals surface area contributed by atoms with E-state index < -0.39 is 0 Å². The summed E-state index contributed by atoms with van der Waals surface area (Å²) in [6.07, 6.45) is 2.82. The van der Waals surface area contributed by atoms with Gasteiger partial charge < -0.3 is 10.1 Å². The van der Waals surface area contributed by atoms with Crippen molar-refractivity contribution in [3.05, 3.63) is 59.9 Å². The molecule has 0 saturated heterocycles. The zero-order valence-electron chi connectivity index (χ0n) is 11.3. The summed E-state index contributed by atoms with van der Waals surface area (Å²) in [4.78, 5) is 4.35. The zero-order valence-corrected chi connectivity index (χ0v) is 11.3. The number of rotatable bonds is 7. The van der Waals surface area contributed by atoms with E-state index in [1.54, 1.807) is 0 Å². The molecule has 0 aliphatic rings. The maximum absolute atomic E-state index is 5.63. The van der Waals surface area contributed by atoms with Crippen molar-refractivity contribution in [2.75, 3.05) is 13.2 Å². The summed E-state index contributed by atoms with van der Waals surface area (Å²) < 4.78 is 5.63. The Bertz CT molecular complexity index is 485. The molecule has 0 radical (unpaired) electrons. The molecule has 2 aromatic rings. The summed E-state index contributed by atoms with van der Waals surface area (Å²) in [5.41, 5.74) is 2.35. The molecule has 1 N–H and O–H groups in total. The van der Waals surface area contributed by atoms with Crippen LogP contribution < -0.4 is 10.1 Å². The molecule has 3 heteroatoms. The Labute approximate surface area is 114 Å². The van der Waals surface area contributed by atoms with Crippen LogP contribution in [-0.2, 0) is 6.54 Å². The van der Waals surface area contributed by atoms with E-state index in [0.717, 1.165) is 37.6 Å². The minimum Gasteiger partial charge on any atom is -0.494 e. The predicted octanol–water partition coefficient (Wildman–Crippen LogP) is 2.95. The van der Waals surface area contributed by atoms with Crippen LogP contribution in [0, 0.1) is 6.92 Å². The summed E-state index contributed by atoms with van der Waals surface area (Å²) in [5, 5.41) is 3.39. The van der Waals surface area contributed by atoms with Crippen molar-refractivity contribution < 1.29 is 4.74 Å². The van der Waals surface area contributed by atoms with Gasteiger partial charge in [-0.25, -0.2) is 0 Å². The molecule has 0 amide bonds. The highest BCUT2D eigenvalue weighted by atomic mass is 16.5. The summed E-state index contributed by atoms with van der Waals surface area (Å²) in [6, 6.07) is 14.0. The highest BCUT2D eigenvalue weighted by molar-refractivity contribution is 5.20. The lowest BCUT2D eigenvalue weighted by Crippen LogP contribution is -2.18. The fourth-order valence-electron chi connectivity index (χ4n) is 1.81. The number of aromatic nitrogens is 1. The molecule has 19 heavy (non-hydrogen) atoms.